The van der Waals surface area contributed by atoms with Gasteiger partial charge in [-0.15, -0.1) is 0 Å². The molecule has 2 aliphatic rings. The van der Waals surface area contributed by atoms with E-state index >= 15 is 0 Å². The highest BCUT2D eigenvalue weighted by molar-refractivity contribution is 7.53. The number of ether oxygens (including phenoxy) is 3. The summed E-state index contributed by atoms with van der Waals surface area (Å²) < 4.78 is 61.4. The zero-order valence-electron chi connectivity index (χ0n) is 16.7. The highest BCUT2D eigenvalue weighted by Crippen LogP contribution is 2.50. The number of aliphatic hydroxyl groups excluding tert-OH is 2. The van der Waals surface area contributed by atoms with Gasteiger partial charge in [-0.2, -0.15) is 0 Å². The van der Waals surface area contributed by atoms with Gasteiger partial charge in [-0.05, 0) is 0 Å². The molecule has 2 N–H and O–H groups in total. The predicted octanol–water partition coefficient (Wildman–Crippen LogP) is -0.779. The fraction of sp³-hybridized carbons (Fsp3) is 1.00. The topological polar surface area (TPSA) is 139 Å². The van der Waals surface area contributed by atoms with E-state index in [0.717, 1.165) is 0 Å². The molecule has 10 atom stereocenters. The molecule has 2 fully saturated rings. The Bertz CT molecular complexity index is 641. The maximum absolute atomic E-state index is 12.8. The molecule has 4 radical (unpaired) electrons. The molecule has 2 aliphatic heterocycles. The standard InChI is InChI=1S/C14H26B2O11P2/c1-21-5-7-11(9(17)13(15)24-7)27-29(4,20)23-6-8-12(10(18)14(16)25-8)26-28(3,19)22-2/h7-14,17-18H,5-6H2,1-4H3/t7-,8-,9+,10+,11?,12?,13-,14-,28?,29?/m1/s1. The van der Waals surface area contributed by atoms with Crippen LogP contribution in [0.15, 0.2) is 0 Å². The minimum atomic E-state index is -3.75. The molecule has 0 spiro atoms. The summed E-state index contributed by atoms with van der Waals surface area (Å²) in [5.74, 6) is 0. The van der Waals surface area contributed by atoms with Crippen LogP contribution in [0.25, 0.3) is 0 Å². The Balaban J connectivity index is 2.00. The van der Waals surface area contributed by atoms with Crippen molar-refractivity contribution in [1.29, 1.82) is 0 Å². The Morgan fingerprint density at radius 2 is 1.31 bits per heavy atom. The minimum absolute atomic E-state index is 0.0565. The zero-order valence-corrected chi connectivity index (χ0v) is 18.4. The summed E-state index contributed by atoms with van der Waals surface area (Å²) in [6, 6.07) is -2.16. The fourth-order valence-electron chi connectivity index (χ4n) is 2.95. The van der Waals surface area contributed by atoms with E-state index in [-0.39, 0.29) is 13.2 Å². The van der Waals surface area contributed by atoms with E-state index in [1.807, 2.05) is 0 Å². The van der Waals surface area contributed by atoms with E-state index in [4.69, 9.17) is 48.0 Å². The maximum atomic E-state index is 12.8. The van der Waals surface area contributed by atoms with E-state index in [1.165, 1.54) is 27.5 Å². The third-order valence-corrected chi connectivity index (χ3v) is 7.04. The molecule has 11 nitrogen and oxygen atoms in total. The second-order valence-electron chi connectivity index (χ2n) is 6.88. The quantitative estimate of drug-likeness (QED) is 0.318. The molecule has 0 aliphatic carbocycles. The van der Waals surface area contributed by atoms with E-state index in [1.54, 1.807) is 0 Å². The second-order valence-corrected chi connectivity index (χ2v) is 11.0. The van der Waals surface area contributed by atoms with Gasteiger partial charge in [0.25, 0.3) is 0 Å². The van der Waals surface area contributed by atoms with Gasteiger partial charge in [-0.3, -0.25) is 18.2 Å². The fourth-order valence-corrected chi connectivity index (χ4v) is 4.92. The van der Waals surface area contributed by atoms with Crippen molar-refractivity contribution in [1.82, 2.24) is 0 Å². The van der Waals surface area contributed by atoms with Gasteiger partial charge < -0.3 is 33.5 Å². The first kappa shape index (κ1) is 25.5. The van der Waals surface area contributed by atoms with E-state index in [0.29, 0.717) is 0 Å². The van der Waals surface area contributed by atoms with Crippen LogP contribution in [0.1, 0.15) is 0 Å². The van der Waals surface area contributed by atoms with Crippen molar-refractivity contribution in [2.45, 2.75) is 48.6 Å². The lowest BCUT2D eigenvalue weighted by Gasteiger charge is -2.27. The smallest absolute Gasteiger partial charge is 0.328 e. The number of aliphatic hydroxyl groups is 2. The van der Waals surface area contributed by atoms with Gasteiger partial charge in [0, 0.05) is 39.6 Å². The maximum Gasteiger partial charge on any atom is 0.328 e. The molecule has 0 bridgehead atoms. The van der Waals surface area contributed by atoms with Crippen molar-refractivity contribution in [3.05, 3.63) is 0 Å². The van der Waals surface area contributed by atoms with Crippen LogP contribution in [0.5, 0.6) is 0 Å². The first-order valence-corrected chi connectivity index (χ1v) is 12.8. The Morgan fingerprint density at radius 3 is 1.76 bits per heavy atom. The first-order valence-electron chi connectivity index (χ1n) is 8.80. The minimum Gasteiger partial charge on any atom is -0.388 e. The van der Waals surface area contributed by atoms with Crippen LogP contribution in [-0.2, 0) is 41.4 Å². The van der Waals surface area contributed by atoms with E-state index in [2.05, 4.69) is 0 Å². The molecule has 164 valence electrons. The molecule has 2 saturated heterocycles. The van der Waals surface area contributed by atoms with Gasteiger partial charge in [-0.1, -0.05) is 0 Å². The molecule has 0 aromatic heterocycles. The third kappa shape index (κ3) is 6.60. The van der Waals surface area contributed by atoms with Gasteiger partial charge in [0.1, 0.15) is 52.3 Å². The Labute approximate surface area is 172 Å². The van der Waals surface area contributed by atoms with Crippen molar-refractivity contribution in [2.24, 2.45) is 0 Å². The van der Waals surface area contributed by atoms with Crippen molar-refractivity contribution in [2.75, 3.05) is 40.8 Å². The summed E-state index contributed by atoms with van der Waals surface area (Å²) in [5.41, 5.74) is 0. The summed E-state index contributed by atoms with van der Waals surface area (Å²) in [6.45, 7) is 2.10. The molecular formula is C14H26B2O11P2. The van der Waals surface area contributed by atoms with Gasteiger partial charge in [0.2, 0.25) is 0 Å². The van der Waals surface area contributed by atoms with Gasteiger partial charge in [0.15, 0.2) is 0 Å². The van der Waals surface area contributed by atoms with Crippen molar-refractivity contribution in [3.8, 4) is 0 Å². The van der Waals surface area contributed by atoms with Crippen LogP contribution in [0.2, 0.25) is 0 Å². The van der Waals surface area contributed by atoms with Gasteiger partial charge in [0.05, 0.1) is 13.2 Å². The highest BCUT2D eigenvalue weighted by atomic mass is 31.2. The third-order valence-electron chi connectivity index (χ3n) is 4.51. The van der Waals surface area contributed by atoms with Crippen LogP contribution in [-0.4, -0.2) is 115 Å². The average molecular weight is 454 g/mol. The molecule has 0 amide bonds. The summed E-state index contributed by atoms with van der Waals surface area (Å²) >= 11 is 0. The lowest BCUT2D eigenvalue weighted by Crippen LogP contribution is -2.38. The largest absolute Gasteiger partial charge is 0.388 e. The Hall–Kier alpha value is 0.230. The van der Waals surface area contributed by atoms with Crippen LogP contribution in [0.4, 0.5) is 0 Å². The number of methoxy groups -OCH3 is 1. The lowest BCUT2D eigenvalue weighted by molar-refractivity contribution is -0.0251. The molecule has 2 heterocycles. The predicted molar refractivity (Wildman–Crippen MR) is 102 cm³/mol. The number of rotatable bonds is 10. The SMILES string of the molecule is [B][C@@H]1O[C@H](COP(C)(=O)OC2[C@@H](COC)O[C@@H]([B])[C@H]2O)C(OP(C)(=O)OC)[C@@H]1O. The Kier molecular flexibility index (Phi) is 8.99. The highest BCUT2D eigenvalue weighted by Gasteiger charge is 2.47. The molecule has 2 rings (SSSR count). The average Bonchev–Trinajstić information content (AvgIpc) is 3.05. The lowest BCUT2D eigenvalue weighted by atomic mass is 9.93. The first-order chi connectivity index (χ1) is 13.4. The van der Waals surface area contributed by atoms with E-state index in [9.17, 15) is 19.3 Å². The molecule has 0 aromatic rings. The normalized spacial score (nSPS) is 41.9. The number of hydrogen-bond donors (Lipinski definition) is 2. The molecule has 29 heavy (non-hydrogen) atoms. The second kappa shape index (κ2) is 10.2. The van der Waals surface area contributed by atoms with Gasteiger partial charge >= 0.3 is 15.2 Å². The zero-order chi connectivity index (χ0) is 22.0. The van der Waals surface area contributed by atoms with Crippen molar-refractivity contribution < 1.29 is 51.6 Å². The van der Waals surface area contributed by atoms with Gasteiger partial charge in [-0.25, -0.2) is 0 Å². The monoisotopic (exact) mass is 454 g/mol. The summed E-state index contributed by atoms with van der Waals surface area (Å²) in [4.78, 5) is 0. The van der Waals surface area contributed by atoms with Crippen molar-refractivity contribution in [3.63, 3.8) is 0 Å². The van der Waals surface area contributed by atoms with Crippen LogP contribution >= 0.6 is 15.2 Å². The van der Waals surface area contributed by atoms with Crippen LogP contribution < -0.4 is 0 Å². The molecule has 0 saturated carbocycles. The molecular weight excluding hydrogens is 428 g/mol. The summed E-state index contributed by atoms with van der Waals surface area (Å²) in [7, 11) is 6.70. The summed E-state index contributed by atoms with van der Waals surface area (Å²) in [5, 5.41) is 20.2. The summed E-state index contributed by atoms with van der Waals surface area (Å²) in [6.07, 6.45) is -6.48. The van der Waals surface area contributed by atoms with Crippen molar-refractivity contribution >= 4 is 30.9 Å². The van der Waals surface area contributed by atoms with E-state index < -0.39 is 63.8 Å². The molecule has 0 aromatic carbocycles. The number of hydrogen-bond acceptors (Lipinski definition) is 11. The van der Waals surface area contributed by atoms with Crippen LogP contribution in [0, 0.1) is 0 Å². The Morgan fingerprint density at radius 1 is 0.862 bits per heavy atom. The van der Waals surface area contributed by atoms with Crippen LogP contribution in [0.3, 0.4) is 0 Å². The molecule has 4 unspecified atom stereocenters. The molecule has 15 heteroatoms.